The number of likely N-dealkylation sites (N-methyl/N-ethyl adjacent to an activating group) is 1. The van der Waals surface area contributed by atoms with Gasteiger partial charge in [-0.25, -0.2) is 8.42 Å². The van der Waals surface area contributed by atoms with Gasteiger partial charge in [0.15, 0.2) is 0 Å². The van der Waals surface area contributed by atoms with Crippen LogP contribution in [-0.4, -0.2) is 73.7 Å². The first-order chi connectivity index (χ1) is 12.3. The van der Waals surface area contributed by atoms with Gasteiger partial charge in [0, 0.05) is 44.3 Å². The van der Waals surface area contributed by atoms with Crippen LogP contribution in [0, 0.1) is 6.92 Å². The van der Waals surface area contributed by atoms with E-state index in [1.54, 1.807) is 18.2 Å². The van der Waals surface area contributed by atoms with Crippen molar-refractivity contribution < 1.29 is 13.2 Å². The molecule has 0 aliphatic carbocycles. The Balaban J connectivity index is 2.34. The van der Waals surface area contributed by atoms with Crippen molar-refractivity contribution in [3.8, 4) is 0 Å². The number of amides is 1. The van der Waals surface area contributed by atoms with Crippen LogP contribution < -0.4 is 0 Å². The third-order valence-corrected chi connectivity index (χ3v) is 7.25. The monoisotopic (exact) mass is 381 g/mol. The van der Waals surface area contributed by atoms with E-state index < -0.39 is 10.0 Å². The summed E-state index contributed by atoms with van der Waals surface area (Å²) in [4.78, 5) is 17.5. The van der Waals surface area contributed by atoms with Gasteiger partial charge < -0.3 is 4.90 Å². The lowest BCUT2D eigenvalue weighted by molar-refractivity contribution is 0.0499. The van der Waals surface area contributed by atoms with Gasteiger partial charge in [-0.05, 0) is 38.1 Å². The van der Waals surface area contributed by atoms with E-state index in [9.17, 15) is 13.2 Å². The largest absolute Gasteiger partial charge is 0.333 e. The number of sulfonamides is 1. The molecule has 1 aliphatic rings. The van der Waals surface area contributed by atoms with Crippen molar-refractivity contribution in [1.29, 1.82) is 0 Å². The van der Waals surface area contributed by atoms with Gasteiger partial charge in [-0.2, -0.15) is 4.31 Å². The number of carbonyl (C=O) groups excluding carboxylic acids is 1. The fourth-order valence-electron chi connectivity index (χ4n) is 3.48. The Morgan fingerprint density at radius 2 is 1.85 bits per heavy atom. The highest BCUT2D eigenvalue weighted by Crippen LogP contribution is 2.22. The predicted octanol–water partition coefficient (Wildman–Crippen LogP) is 2.19. The molecule has 0 radical (unpaired) electrons. The van der Waals surface area contributed by atoms with Crippen molar-refractivity contribution in [1.82, 2.24) is 14.1 Å². The van der Waals surface area contributed by atoms with Gasteiger partial charge in [-0.3, -0.25) is 9.69 Å². The number of hydrogen-bond donors (Lipinski definition) is 0. The lowest BCUT2D eigenvalue weighted by Crippen LogP contribution is -2.53. The van der Waals surface area contributed by atoms with E-state index in [0.29, 0.717) is 25.2 Å². The molecule has 1 heterocycles. The molecule has 26 heavy (non-hydrogen) atoms. The van der Waals surface area contributed by atoms with Crippen LogP contribution in [0.2, 0.25) is 0 Å². The number of rotatable bonds is 6. The maximum Gasteiger partial charge on any atom is 0.254 e. The second kappa shape index (κ2) is 8.50. The molecule has 1 aromatic rings. The molecule has 0 N–H and O–H groups in total. The van der Waals surface area contributed by atoms with E-state index in [0.717, 1.165) is 25.2 Å². The van der Waals surface area contributed by atoms with E-state index in [2.05, 4.69) is 11.8 Å². The zero-order chi connectivity index (χ0) is 19.5. The number of nitrogens with zero attached hydrogens (tertiary/aromatic N) is 3. The molecular weight excluding hydrogens is 350 g/mol. The maximum atomic E-state index is 13.1. The maximum absolute atomic E-state index is 13.1. The molecule has 1 amide bonds. The molecule has 6 nitrogen and oxygen atoms in total. The second-order valence-electron chi connectivity index (χ2n) is 6.81. The van der Waals surface area contributed by atoms with E-state index >= 15 is 0 Å². The van der Waals surface area contributed by atoms with Crippen LogP contribution in [0.1, 0.15) is 43.6 Å². The smallest absolute Gasteiger partial charge is 0.254 e. The highest BCUT2D eigenvalue weighted by Gasteiger charge is 2.29. The minimum Gasteiger partial charge on any atom is -0.333 e. The minimum absolute atomic E-state index is 0.0812. The number of benzene rings is 1. The number of aryl methyl sites for hydroxylation is 1. The normalized spacial score (nSPS) is 19.2. The van der Waals surface area contributed by atoms with E-state index in [1.807, 2.05) is 32.6 Å². The standard InChI is InChI=1S/C19H31N3O3S/c1-6-20-11-12-22(16(5)14-20)19(23)18-13-17(10-9-15(18)4)26(24,25)21(7-2)8-3/h9-10,13,16H,6-8,11-12,14H2,1-5H3. The van der Waals surface area contributed by atoms with E-state index in [1.165, 1.54) is 4.31 Å². The van der Waals surface area contributed by atoms with Crippen molar-refractivity contribution in [2.75, 3.05) is 39.3 Å². The Bertz CT molecular complexity index is 744. The van der Waals surface area contributed by atoms with Crippen LogP contribution >= 0.6 is 0 Å². The summed E-state index contributed by atoms with van der Waals surface area (Å²) in [5, 5.41) is 0. The molecule has 146 valence electrons. The Labute approximate surface area is 157 Å². The quantitative estimate of drug-likeness (QED) is 0.758. The summed E-state index contributed by atoms with van der Waals surface area (Å²) in [7, 11) is -3.58. The fraction of sp³-hybridized carbons (Fsp3) is 0.632. The molecule has 2 rings (SSSR count). The summed E-state index contributed by atoms with van der Waals surface area (Å²) in [5.74, 6) is -0.0812. The zero-order valence-electron chi connectivity index (χ0n) is 16.5. The fourth-order valence-corrected chi connectivity index (χ4v) is 4.97. The van der Waals surface area contributed by atoms with Gasteiger partial charge in [-0.1, -0.05) is 26.8 Å². The molecule has 1 aliphatic heterocycles. The summed E-state index contributed by atoms with van der Waals surface area (Å²) in [5.41, 5.74) is 1.29. The van der Waals surface area contributed by atoms with Gasteiger partial charge in [0.05, 0.1) is 4.90 Å². The summed E-state index contributed by atoms with van der Waals surface area (Å²) in [6.07, 6.45) is 0. The minimum atomic E-state index is -3.58. The average Bonchev–Trinajstić information content (AvgIpc) is 2.62. The van der Waals surface area contributed by atoms with Crippen LogP contribution in [0.15, 0.2) is 23.1 Å². The highest BCUT2D eigenvalue weighted by atomic mass is 32.2. The molecule has 1 atom stereocenters. The predicted molar refractivity (Wildman–Crippen MR) is 104 cm³/mol. The lowest BCUT2D eigenvalue weighted by atomic mass is 10.1. The van der Waals surface area contributed by atoms with Gasteiger partial charge in [-0.15, -0.1) is 0 Å². The van der Waals surface area contributed by atoms with E-state index in [4.69, 9.17) is 0 Å². The Hall–Kier alpha value is -1.44. The second-order valence-corrected chi connectivity index (χ2v) is 8.74. The van der Waals surface area contributed by atoms with E-state index in [-0.39, 0.29) is 16.8 Å². The van der Waals surface area contributed by atoms with Gasteiger partial charge in [0.1, 0.15) is 0 Å². The van der Waals surface area contributed by atoms with Crippen molar-refractivity contribution >= 4 is 15.9 Å². The Morgan fingerprint density at radius 3 is 2.38 bits per heavy atom. The van der Waals surface area contributed by atoms with Crippen LogP contribution in [0.4, 0.5) is 0 Å². The average molecular weight is 382 g/mol. The molecule has 1 aromatic carbocycles. The molecular formula is C19H31N3O3S. The molecule has 0 saturated carbocycles. The molecule has 0 spiro atoms. The van der Waals surface area contributed by atoms with Gasteiger partial charge >= 0.3 is 0 Å². The Kier molecular flexibility index (Phi) is 6.82. The molecule has 1 unspecified atom stereocenters. The number of hydrogen-bond acceptors (Lipinski definition) is 4. The van der Waals surface area contributed by atoms with Crippen LogP contribution in [-0.2, 0) is 10.0 Å². The summed E-state index contributed by atoms with van der Waals surface area (Å²) in [6, 6.07) is 4.98. The molecule has 1 fully saturated rings. The lowest BCUT2D eigenvalue weighted by Gasteiger charge is -2.39. The topological polar surface area (TPSA) is 60.9 Å². The van der Waals surface area contributed by atoms with Crippen LogP contribution in [0.5, 0.6) is 0 Å². The SMILES string of the molecule is CCN1CCN(C(=O)c2cc(S(=O)(=O)N(CC)CC)ccc2C)C(C)C1. The summed E-state index contributed by atoms with van der Waals surface area (Å²) >= 11 is 0. The zero-order valence-corrected chi connectivity index (χ0v) is 17.3. The third kappa shape index (κ3) is 4.10. The first kappa shape index (κ1) is 20.9. The van der Waals surface area contributed by atoms with Crippen molar-refractivity contribution in [3.63, 3.8) is 0 Å². The molecule has 7 heteroatoms. The number of carbonyl (C=O) groups is 1. The first-order valence-electron chi connectivity index (χ1n) is 9.40. The van der Waals surface area contributed by atoms with Crippen molar-refractivity contribution in [2.45, 2.75) is 45.6 Å². The Morgan fingerprint density at radius 1 is 1.19 bits per heavy atom. The van der Waals surface area contributed by atoms with Crippen molar-refractivity contribution in [2.24, 2.45) is 0 Å². The van der Waals surface area contributed by atoms with Crippen LogP contribution in [0.3, 0.4) is 0 Å². The van der Waals surface area contributed by atoms with Crippen molar-refractivity contribution in [3.05, 3.63) is 29.3 Å². The highest BCUT2D eigenvalue weighted by molar-refractivity contribution is 7.89. The summed E-state index contributed by atoms with van der Waals surface area (Å²) < 4.78 is 27.0. The van der Waals surface area contributed by atoms with Crippen LogP contribution in [0.25, 0.3) is 0 Å². The molecule has 0 aromatic heterocycles. The third-order valence-electron chi connectivity index (χ3n) is 5.20. The number of piperazine rings is 1. The van der Waals surface area contributed by atoms with Gasteiger partial charge in [0.2, 0.25) is 10.0 Å². The summed E-state index contributed by atoms with van der Waals surface area (Å²) in [6.45, 7) is 13.8. The first-order valence-corrected chi connectivity index (χ1v) is 10.8. The molecule has 1 saturated heterocycles. The molecule has 0 bridgehead atoms. The van der Waals surface area contributed by atoms with Gasteiger partial charge in [0.25, 0.3) is 5.91 Å².